The van der Waals surface area contributed by atoms with Crippen LogP contribution in [0.4, 0.5) is 0 Å². The molecule has 0 aliphatic carbocycles. The van der Waals surface area contributed by atoms with Crippen molar-refractivity contribution in [2.75, 3.05) is 13.6 Å². The zero-order valence-corrected chi connectivity index (χ0v) is 9.90. The average molecular weight is 238 g/mol. The van der Waals surface area contributed by atoms with Gasteiger partial charge in [0.1, 0.15) is 5.69 Å². The molecule has 1 aromatic rings. The third-order valence-corrected chi connectivity index (χ3v) is 2.29. The van der Waals surface area contributed by atoms with Crippen LogP contribution in [0.3, 0.4) is 0 Å². The molecule has 0 aliphatic heterocycles. The standard InChI is InChI=1S/C11H12ClN3O/c1-8(6-13)7-15(2)11(16)10-5-9(12)3-4-14-10/h3-5,8H,7H2,1-2H3. The van der Waals surface area contributed by atoms with Gasteiger partial charge >= 0.3 is 0 Å². The molecule has 0 aromatic carbocycles. The fourth-order valence-electron chi connectivity index (χ4n) is 1.25. The molecule has 1 atom stereocenters. The number of hydrogen-bond donors (Lipinski definition) is 0. The number of nitrogens with zero attached hydrogens (tertiary/aromatic N) is 3. The van der Waals surface area contributed by atoms with Crippen LogP contribution in [-0.2, 0) is 0 Å². The predicted molar refractivity (Wildman–Crippen MR) is 61.0 cm³/mol. The summed E-state index contributed by atoms with van der Waals surface area (Å²) in [6.07, 6.45) is 1.48. The fourth-order valence-corrected chi connectivity index (χ4v) is 1.41. The molecule has 0 saturated heterocycles. The van der Waals surface area contributed by atoms with Crippen LogP contribution in [0.5, 0.6) is 0 Å². The maximum Gasteiger partial charge on any atom is 0.272 e. The Hall–Kier alpha value is -1.60. The van der Waals surface area contributed by atoms with Crippen molar-refractivity contribution >= 4 is 17.5 Å². The Morgan fingerprint density at radius 3 is 3.00 bits per heavy atom. The summed E-state index contributed by atoms with van der Waals surface area (Å²) in [5, 5.41) is 9.13. The van der Waals surface area contributed by atoms with Crippen LogP contribution in [0.2, 0.25) is 5.02 Å². The molecule has 1 aromatic heterocycles. The predicted octanol–water partition coefficient (Wildman–Crippen LogP) is 1.97. The number of pyridine rings is 1. The van der Waals surface area contributed by atoms with Gasteiger partial charge in [0.15, 0.2) is 0 Å². The van der Waals surface area contributed by atoms with E-state index >= 15 is 0 Å². The van der Waals surface area contributed by atoms with E-state index in [-0.39, 0.29) is 11.8 Å². The van der Waals surface area contributed by atoms with Crippen molar-refractivity contribution in [2.24, 2.45) is 5.92 Å². The highest BCUT2D eigenvalue weighted by Crippen LogP contribution is 2.10. The highest BCUT2D eigenvalue weighted by molar-refractivity contribution is 6.30. The number of hydrogen-bond acceptors (Lipinski definition) is 3. The summed E-state index contributed by atoms with van der Waals surface area (Å²) in [4.78, 5) is 17.2. The van der Waals surface area contributed by atoms with E-state index in [0.717, 1.165) is 0 Å². The summed E-state index contributed by atoms with van der Waals surface area (Å²) < 4.78 is 0. The lowest BCUT2D eigenvalue weighted by Gasteiger charge is -2.17. The molecule has 0 fully saturated rings. The van der Waals surface area contributed by atoms with Crippen molar-refractivity contribution in [1.82, 2.24) is 9.88 Å². The van der Waals surface area contributed by atoms with Gasteiger partial charge in [-0.2, -0.15) is 5.26 Å². The third-order valence-electron chi connectivity index (χ3n) is 2.06. The average Bonchev–Trinajstić information content (AvgIpc) is 2.27. The minimum Gasteiger partial charge on any atom is -0.339 e. The van der Waals surface area contributed by atoms with Crippen LogP contribution in [0.1, 0.15) is 17.4 Å². The number of rotatable bonds is 3. The van der Waals surface area contributed by atoms with E-state index in [0.29, 0.717) is 17.3 Å². The number of amides is 1. The summed E-state index contributed by atoms with van der Waals surface area (Å²) >= 11 is 5.76. The Kier molecular flexibility index (Phi) is 4.27. The van der Waals surface area contributed by atoms with Crippen molar-refractivity contribution in [3.63, 3.8) is 0 Å². The van der Waals surface area contributed by atoms with E-state index in [2.05, 4.69) is 11.1 Å². The second-order valence-corrected chi connectivity index (χ2v) is 4.01. The molecule has 0 bridgehead atoms. The number of carbonyl (C=O) groups is 1. The Bertz CT molecular complexity index is 427. The first-order chi connectivity index (χ1) is 7.54. The van der Waals surface area contributed by atoms with Gasteiger partial charge in [-0.1, -0.05) is 11.6 Å². The van der Waals surface area contributed by atoms with Crippen LogP contribution >= 0.6 is 11.6 Å². The normalized spacial score (nSPS) is 11.6. The molecule has 84 valence electrons. The van der Waals surface area contributed by atoms with Gasteiger partial charge in [-0.3, -0.25) is 9.78 Å². The second kappa shape index (κ2) is 5.47. The van der Waals surface area contributed by atoms with E-state index in [1.54, 1.807) is 20.0 Å². The van der Waals surface area contributed by atoms with Crippen LogP contribution in [0.15, 0.2) is 18.3 Å². The first-order valence-corrected chi connectivity index (χ1v) is 5.19. The van der Waals surface area contributed by atoms with Crippen LogP contribution in [0, 0.1) is 17.2 Å². The molecule has 0 aliphatic rings. The molecule has 0 radical (unpaired) electrons. The SMILES string of the molecule is CC(C#N)CN(C)C(=O)c1cc(Cl)ccn1. The molecule has 0 saturated carbocycles. The minimum absolute atomic E-state index is 0.201. The van der Waals surface area contributed by atoms with Crippen molar-refractivity contribution in [1.29, 1.82) is 5.26 Å². The van der Waals surface area contributed by atoms with Gasteiger partial charge in [-0.05, 0) is 19.1 Å². The largest absolute Gasteiger partial charge is 0.339 e. The molecule has 0 N–H and O–H groups in total. The zero-order valence-electron chi connectivity index (χ0n) is 9.14. The lowest BCUT2D eigenvalue weighted by atomic mass is 10.2. The third kappa shape index (κ3) is 3.21. The summed E-state index contributed by atoms with van der Waals surface area (Å²) in [6, 6.07) is 5.19. The number of halogens is 1. The highest BCUT2D eigenvalue weighted by Gasteiger charge is 2.15. The lowest BCUT2D eigenvalue weighted by Crippen LogP contribution is -2.31. The molecule has 1 unspecified atom stereocenters. The summed E-state index contributed by atoms with van der Waals surface area (Å²) in [5.74, 6) is -0.433. The summed E-state index contributed by atoms with van der Waals surface area (Å²) in [7, 11) is 1.64. The van der Waals surface area contributed by atoms with E-state index in [4.69, 9.17) is 16.9 Å². The van der Waals surface area contributed by atoms with Crippen molar-refractivity contribution in [2.45, 2.75) is 6.92 Å². The number of carbonyl (C=O) groups excluding carboxylic acids is 1. The van der Waals surface area contributed by atoms with E-state index in [1.165, 1.54) is 17.2 Å². The van der Waals surface area contributed by atoms with Crippen molar-refractivity contribution in [3.8, 4) is 6.07 Å². The first-order valence-electron chi connectivity index (χ1n) is 4.81. The lowest BCUT2D eigenvalue weighted by molar-refractivity contribution is 0.0779. The number of aromatic nitrogens is 1. The van der Waals surface area contributed by atoms with E-state index < -0.39 is 0 Å². The van der Waals surface area contributed by atoms with E-state index in [1.807, 2.05) is 0 Å². The van der Waals surface area contributed by atoms with E-state index in [9.17, 15) is 4.79 Å². The Labute approximate surface area is 99.5 Å². The maximum absolute atomic E-state index is 11.8. The van der Waals surface area contributed by atoms with Crippen LogP contribution in [0.25, 0.3) is 0 Å². The zero-order chi connectivity index (χ0) is 12.1. The highest BCUT2D eigenvalue weighted by atomic mass is 35.5. The molecule has 5 heteroatoms. The monoisotopic (exact) mass is 237 g/mol. The van der Waals surface area contributed by atoms with Crippen LogP contribution in [-0.4, -0.2) is 29.4 Å². The summed E-state index contributed by atoms with van der Waals surface area (Å²) in [6.45, 7) is 2.14. The summed E-state index contributed by atoms with van der Waals surface area (Å²) in [5.41, 5.74) is 0.292. The van der Waals surface area contributed by atoms with Gasteiger partial charge in [-0.25, -0.2) is 0 Å². The van der Waals surface area contributed by atoms with Crippen molar-refractivity contribution in [3.05, 3.63) is 29.0 Å². The second-order valence-electron chi connectivity index (χ2n) is 3.58. The molecule has 0 spiro atoms. The smallest absolute Gasteiger partial charge is 0.272 e. The molecular weight excluding hydrogens is 226 g/mol. The quantitative estimate of drug-likeness (QED) is 0.808. The van der Waals surface area contributed by atoms with Gasteiger partial charge in [0, 0.05) is 24.8 Å². The first kappa shape index (κ1) is 12.5. The fraction of sp³-hybridized carbons (Fsp3) is 0.364. The molecule has 1 amide bonds. The molecule has 16 heavy (non-hydrogen) atoms. The number of nitriles is 1. The topological polar surface area (TPSA) is 57.0 Å². The van der Waals surface area contributed by atoms with Gasteiger partial charge < -0.3 is 4.90 Å². The van der Waals surface area contributed by atoms with Gasteiger partial charge in [0.25, 0.3) is 5.91 Å². The Balaban J connectivity index is 2.75. The molecule has 1 heterocycles. The molecular formula is C11H12ClN3O. The van der Waals surface area contributed by atoms with Gasteiger partial charge in [0.2, 0.25) is 0 Å². The molecule has 4 nitrogen and oxygen atoms in total. The van der Waals surface area contributed by atoms with Gasteiger partial charge in [-0.15, -0.1) is 0 Å². The molecule has 1 rings (SSSR count). The Morgan fingerprint density at radius 1 is 1.75 bits per heavy atom. The van der Waals surface area contributed by atoms with Crippen molar-refractivity contribution < 1.29 is 4.79 Å². The van der Waals surface area contributed by atoms with Gasteiger partial charge in [0.05, 0.1) is 12.0 Å². The Morgan fingerprint density at radius 2 is 2.44 bits per heavy atom. The minimum atomic E-state index is -0.232. The maximum atomic E-state index is 11.8. The van der Waals surface area contributed by atoms with Crippen LogP contribution < -0.4 is 0 Å².